The van der Waals surface area contributed by atoms with Gasteiger partial charge in [-0.05, 0) is 34.7 Å². The predicted molar refractivity (Wildman–Crippen MR) is 75.2 cm³/mol. The molecule has 16 heavy (non-hydrogen) atoms. The van der Waals surface area contributed by atoms with E-state index >= 15 is 0 Å². The van der Waals surface area contributed by atoms with Crippen LogP contribution in [0.1, 0.15) is 0 Å². The average molecular weight is 385 g/mol. The van der Waals surface area contributed by atoms with Gasteiger partial charge in [-0.1, -0.05) is 34.8 Å². The first kappa shape index (κ1) is 12.4. The highest BCUT2D eigenvalue weighted by Crippen LogP contribution is 2.31. The van der Waals surface area contributed by atoms with Gasteiger partial charge in [0.1, 0.15) is 8.85 Å². The lowest BCUT2D eigenvalue weighted by Crippen LogP contribution is -1.87. The van der Waals surface area contributed by atoms with Crippen molar-refractivity contribution in [3.05, 3.63) is 43.4 Å². The van der Waals surface area contributed by atoms with Gasteiger partial charge in [0, 0.05) is 23.5 Å². The molecule has 0 aliphatic carbocycles. The third kappa shape index (κ3) is 2.59. The second kappa shape index (κ2) is 5.04. The van der Waals surface area contributed by atoms with Crippen molar-refractivity contribution in [2.75, 3.05) is 0 Å². The molecule has 2 nitrogen and oxygen atoms in total. The molecule has 0 N–H and O–H groups in total. The highest BCUT2D eigenvalue weighted by molar-refractivity contribution is 14.1. The minimum absolute atomic E-state index is 0.383. The van der Waals surface area contributed by atoms with E-state index in [0.717, 1.165) is 14.8 Å². The van der Waals surface area contributed by atoms with Gasteiger partial charge in [0.2, 0.25) is 0 Å². The van der Waals surface area contributed by atoms with E-state index in [9.17, 15) is 0 Å². The normalized spacial score (nSPS) is 10.5. The number of halogens is 4. The van der Waals surface area contributed by atoms with Crippen LogP contribution in [0.2, 0.25) is 15.2 Å². The van der Waals surface area contributed by atoms with Crippen molar-refractivity contribution in [3.8, 4) is 11.1 Å². The summed E-state index contributed by atoms with van der Waals surface area (Å²) in [6.45, 7) is 0. The summed E-state index contributed by atoms with van der Waals surface area (Å²) >= 11 is 19.9. The van der Waals surface area contributed by atoms with Crippen molar-refractivity contribution in [2.24, 2.45) is 0 Å². The van der Waals surface area contributed by atoms with Gasteiger partial charge in [0.25, 0.3) is 0 Å². The van der Waals surface area contributed by atoms with Crippen molar-refractivity contribution in [1.82, 2.24) is 9.97 Å². The largest absolute Gasteiger partial charge is 0.248 e. The van der Waals surface area contributed by atoms with E-state index in [1.807, 2.05) is 0 Å². The molecular weight excluding hydrogens is 381 g/mol. The van der Waals surface area contributed by atoms with Crippen molar-refractivity contribution in [1.29, 1.82) is 0 Å². The molecule has 0 aliphatic rings. The minimum atomic E-state index is 0.383. The highest BCUT2D eigenvalue weighted by atomic mass is 127. The van der Waals surface area contributed by atoms with E-state index in [4.69, 9.17) is 34.8 Å². The minimum Gasteiger partial charge on any atom is -0.248 e. The van der Waals surface area contributed by atoms with Crippen LogP contribution in [0.3, 0.4) is 0 Å². The van der Waals surface area contributed by atoms with E-state index in [1.54, 1.807) is 18.3 Å². The lowest BCUT2D eigenvalue weighted by molar-refractivity contribution is 1.26. The molecule has 2 aromatic rings. The number of hydrogen-bond acceptors (Lipinski definition) is 2. The van der Waals surface area contributed by atoms with Crippen LogP contribution in [0.25, 0.3) is 11.1 Å². The Labute approximate surface area is 121 Å². The molecule has 0 bridgehead atoms. The summed E-state index contributed by atoms with van der Waals surface area (Å²) < 4.78 is 0.749. The summed E-state index contributed by atoms with van der Waals surface area (Å²) in [6.07, 6.45) is 3.20. The molecular formula is C10H4Cl3IN2. The molecule has 0 saturated heterocycles. The number of rotatable bonds is 1. The van der Waals surface area contributed by atoms with Gasteiger partial charge in [0.15, 0.2) is 0 Å². The molecule has 2 heterocycles. The Bertz CT molecular complexity index is 546. The van der Waals surface area contributed by atoms with Gasteiger partial charge < -0.3 is 0 Å². The maximum atomic E-state index is 6.03. The second-order valence-electron chi connectivity index (χ2n) is 2.98. The van der Waals surface area contributed by atoms with Crippen LogP contribution in [0.5, 0.6) is 0 Å². The summed E-state index contributed by atoms with van der Waals surface area (Å²) in [5.41, 5.74) is 1.59. The van der Waals surface area contributed by atoms with E-state index in [-0.39, 0.29) is 0 Å². The summed E-state index contributed by atoms with van der Waals surface area (Å²) in [4.78, 5) is 8.04. The Morgan fingerprint density at radius 3 is 2.38 bits per heavy atom. The van der Waals surface area contributed by atoms with Crippen LogP contribution >= 0.6 is 57.4 Å². The first-order valence-electron chi connectivity index (χ1n) is 4.20. The molecule has 0 aliphatic heterocycles. The van der Waals surface area contributed by atoms with Crippen LogP contribution in [0.15, 0.2) is 24.5 Å². The van der Waals surface area contributed by atoms with Gasteiger partial charge in [-0.15, -0.1) is 0 Å². The van der Waals surface area contributed by atoms with Crippen LogP contribution in [-0.4, -0.2) is 9.97 Å². The average Bonchev–Trinajstić information content (AvgIpc) is 2.26. The number of aromatic nitrogens is 2. The van der Waals surface area contributed by atoms with Crippen molar-refractivity contribution in [2.45, 2.75) is 0 Å². The summed E-state index contributed by atoms with van der Waals surface area (Å²) in [5.74, 6) is 0. The lowest BCUT2D eigenvalue weighted by Gasteiger charge is -2.05. The smallest absolute Gasteiger partial charge is 0.129 e. The molecule has 0 aromatic carbocycles. The molecule has 6 heteroatoms. The SMILES string of the molecule is Clc1cc(-c2cnc(I)c(Cl)c2)c(Cl)cn1. The van der Waals surface area contributed by atoms with Crippen molar-refractivity contribution >= 4 is 57.4 Å². The van der Waals surface area contributed by atoms with E-state index in [1.165, 1.54) is 6.20 Å². The monoisotopic (exact) mass is 384 g/mol. The second-order valence-corrected chi connectivity index (χ2v) is 5.21. The van der Waals surface area contributed by atoms with E-state index < -0.39 is 0 Å². The molecule has 0 radical (unpaired) electrons. The van der Waals surface area contributed by atoms with Crippen molar-refractivity contribution < 1.29 is 0 Å². The first-order valence-corrected chi connectivity index (χ1v) is 6.41. The zero-order valence-corrected chi connectivity index (χ0v) is 12.1. The highest BCUT2D eigenvalue weighted by Gasteiger charge is 2.08. The Morgan fingerprint density at radius 1 is 0.938 bits per heavy atom. The number of pyridine rings is 2. The maximum Gasteiger partial charge on any atom is 0.129 e. The molecule has 2 aromatic heterocycles. The lowest BCUT2D eigenvalue weighted by atomic mass is 10.1. The molecule has 0 saturated carbocycles. The van der Waals surface area contributed by atoms with Crippen LogP contribution in [0, 0.1) is 3.70 Å². The Morgan fingerprint density at radius 2 is 1.69 bits per heavy atom. The Balaban J connectivity index is 2.58. The van der Waals surface area contributed by atoms with Gasteiger partial charge in [-0.2, -0.15) is 0 Å². The fourth-order valence-corrected chi connectivity index (χ4v) is 2.03. The van der Waals surface area contributed by atoms with Gasteiger partial charge >= 0.3 is 0 Å². The van der Waals surface area contributed by atoms with E-state index in [2.05, 4.69) is 32.6 Å². The zero-order valence-electron chi connectivity index (χ0n) is 7.72. The molecule has 0 fully saturated rings. The van der Waals surface area contributed by atoms with Crippen molar-refractivity contribution in [3.63, 3.8) is 0 Å². The summed E-state index contributed by atoms with van der Waals surface area (Å²) in [5, 5.41) is 1.49. The number of nitrogens with zero attached hydrogens (tertiary/aromatic N) is 2. The molecule has 2 rings (SSSR count). The fraction of sp³-hybridized carbons (Fsp3) is 0. The molecule has 0 atom stereocenters. The quantitative estimate of drug-likeness (QED) is 0.525. The zero-order chi connectivity index (χ0) is 11.7. The Hall–Kier alpha value is -0.100. The molecule has 0 spiro atoms. The molecule has 82 valence electrons. The summed E-state index contributed by atoms with van der Waals surface area (Å²) in [6, 6.07) is 3.48. The third-order valence-corrected chi connectivity index (χ3v) is 3.90. The van der Waals surface area contributed by atoms with Crippen LogP contribution in [-0.2, 0) is 0 Å². The van der Waals surface area contributed by atoms with Gasteiger partial charge in [0.05, 0.1) is 10.0 Å². The summed E-state index contributed by atoms with van der Waals surface area (Å²) in [7, 11) is 0. The van der Waals surface area contributed by atoms with Crippen LogP contribution < -0.4 is 0 Å². The topological polar surface area (TPSA) is 25.8 Å². The Kier molecular flexibility index (Phi) is 3.89. The predicted octanol–water partition coefficient (Wildman–Crippen LogP) is 4.71. The third-order valence-electron chi connectivity index (χ3n) is 1.93. The number of hydrogen-bond donors (Lipinski definition) is 0. The van der Waals surface area contributed by atoms with Gasteiger partial charge in [-0.3, -0.25) is 0 Å². The molecule has 0 amide bonds. The van der Waals surface area contributed by atoms with Gasteiger partial charge in [-0.25, -0.2) is 9.97 Å². The maximum absolute atomic E-state index is 6.03. The standard InChI is InChI=1S/C10H4Cl3IN2/c11-7-1-5(3-16-10(7)14)6-2-9(13)15-4-8(6)12/h1-4H. The van der Waals surface area contributed by atoms with Crippen LogP contribution in [0.4, 0.5) is 0 Å². The van der Waals surface area contributed by atoms with E-state index in [0.29, 0.717) is 15.2 Å². The molecule has 0 unspecified atom stereocenters. The first-order chi connectivity index (χ1) is 7.58. The fourth-order valence-electron chi connectivity index (χ4n) is 1.20.